The van der Waals surface area contributed by atoms with Crippen LogP contribution in [0.15, 0.2) is 30.3 Å². The van der Waals surface area contributed by atoms with E-state index < -0.39 is 24.1 Å². The lowest BCUT2D eigenvalue weighted by Gasteiger charge is -2.13. The first-order valence-electron chi connectivity index (χ1n) is 7.75. The number of nitrogens with one attached hydrogen (secondary N) is 2. The molecule has 6 heteroatoms. The minimum Gasteiger partial charge on any atom is -0.448 e. The molecule has 0 aliphatic rings. The van der Waals surface area contributed by atoms with Gasteiger partial charge in [0.05, 0.1) is 6.10 Å². The number of anilines is 1. The van der Waals surface area contributed by atoms with E-state index in [1.165, 1.54) is 6.92 Å². The molecule has 0 saturated heterocycles. The number of aromatic amines is 1. The van der Waals surface area contributed by atoms with E-state index >= 15 is 0 Å². The Hall–Kier alpha value is -2.60. The van der Waals surface area contributed by atoms with Crippen molar-refractivity contribution in [1.29, 1.82) is 0 Å². The maximum Gasteiger partial charge on any atom is 0.355 e. The number of aliphatic hydroxyl groups excluding tert-OH is 1. The van der Waals surface area contributed by atoms with Crippen molar-refractivity contribution in [2.75, 3.05) is 5.32 Å². The number of benzene rings is 1. The lowest BCUT2D eigenvalue weighted by molar-refractivity contribution is -0.123. The van der Waals surface area contributed by atoms with E-state index in [1.54, 1.807) is 45.0 Å². The van der Waals surface area contributed by atoms with Crippen LogP contribution in [-0.4, -0.2) is 28.1 Å². The molecule has 1 heterocycles. The van der Waals surface area contributed by atoms with Gasteiger partial charge in [-0.05, 0) is 45.4 Å². The van der Waals surface area contributed by atoms with Crippen LogP contribution in [0.5, 0.6) is 0 Å². The highest BCUT2D eigenvalue weighted by Gasteiger charge is 2.24. The maximum atomic E-state index is 12.3. The van der Waals surface area contributed by atoms with Crippen LogP contribution < -0.4 is 5.32 Å². The van der Waals surface area contributed by atoms with Crippen LogP contribution in [0.25, 0.3) is 0 Å². The minimum absolute atomic E-state index is 0.253. The molecule has 1 aromatic carbocycles. The van der Waals surface area contributed by atoms with E-state index in [0.717, 1.165) is 0 Å². The van der Waals surface area contributed by atoms with E-state index in [4.69, 9.17) is 4.74 Å². The summed E-state index contributed by atoms with van der Waals surface area (Å²) in [6.45, 7) is 6.65. The van der Waals surface area contributed by atoms with Gasteiger partial charge < -0.3 is 20.1 Å². The average molecular weight is 330 g/mol. The van der Waals surface area contributed by atoms with E-state index in [0.29, 0.717) is 22.5 Å². The fourth-order valence-electron chi connectivity index (χ4n) is 2.63. The Labute approximate surface area is 140 Å². The molecule has 0 aliphatic carbocycles. The fourth-order valence-corrected chi connectivity index (χ4v) is 2.63. The third-order valence-electron chi connectivity index (χ3n) is 3.81. The molecule has 3 N–H and O–H groups in total. The number of H-pyrrole nitrogens is 1. The van der Waals surface area contributed by atoms with Crippen LogP contribution in [-0.2, 0) is 9.53 Å². The SMILES string of the molecule is Cc1[nH]c(C(=O)O[C@H](C)C(=O)Nc2ccccc2)c(C)c1[C@@H](C)O. The molecule has 6 nitrogen and oxygen atoms in total. The zero-order valence-corrected chi connectivity index (χ0v) is 14.2. The molecule has 0 bridgehead atoms. The van der Waals surface area contributed by atoms with Crippen molar-refractivity contribution in [1.82, 2.24) is 4.98 Å². The molecule has 128 valence electrons. The zero-order valence-electron chi connectivity index (χ0n) is 14.2. The lowest BCUT2D eigenvalue weighted by Crippen LogP contribution is -2.30. The Balaban J connectivity index is 2.06. The van der Waals surface area contributed by atoms with Crippen LogP contribution in [0.4, 0.5) is 5.69 Å². The average Bonchev–Trinajstić information content (AvgIpc) is 2.83. The number of aliphatic hydroxyl groups is 1. The van der Waals surface area contributed by atoms with Crippen LogP contribution in [0, 0.1) is 13.8 Å². The zero-order chi connectivity index (χ0) is 17.9. The van der Waals surface area contributed by atoms with Gasteiger partial charge >= 0.3 is 5.97 Å². The second-order valence-electron chi connectivity index (χ2n) is 5.74. The molecule has 0 radical (unpaired) electrons. The Morgan fingerprint density at radius 3 is 2.33 bits per heavy atom. The van der Waals surface area contributed by atoms with E-state index in [-0.39, 0.29) is 5.69 Å². The van der Waals surface area contributed by atoms with Crippen molar-refractivity contribution >= 4 is 17.6 Å². The van der Waals surface area contributed by atoms with Gasteiger partial charge in [-0.1, -0.05) is 18.2 Å². The van der Waals surface area contributed by atoms with Crippen LogP contribution in [0.2, 0.25) is 0 Å². The number of carbonyl (C=O) groups excluding carboxylic acids is 2. The monoisotopic (exact) mass is 330 g/mol. The fraction of sp³-hybridized carbons (Fsp3) is 0.333. The largest absolute Gasteiger partial charge is 0.448 e. The summed E-state index contributed by atoms with van der Waals surface area (Å²) in [4.78, 5) is 27.3. The van der Waals surface area contributed by atoms with Gasteiger partial charge in [0.1, 0.15) is 5.69 Å². The summed E-state index contributed by atoms with van der Waals surface area (Å²) >= 11 is 0. The summed E-state index contributed by atoms with van der Waals surface area (Å²) in [5, 5.41) is 12.5. The highest BCUT2D eigenvalue weighted by molar-refractivity contribution is 5.97. The van der Waals surface area contributed by atoms with Gasteiger partial charge in [-0.3, -0.25) is 4.79 Å². The number of hydrogen-bond donors (Lipinski definition) is 3. The summed E-state index contributed by atoms with van der Waals surface area (Å²) in [7, 11) is 0. The highest BCUT2D eigenvalue weighted by Crippen LogP contribution is 2.25. The number of amides is 1. The summed E-state index contributed by atoms with van der Waals surface area (Å²) in [6, 6.07) is 8.94. The predicted molar refractivity (Wildman–Crippen MR) is 90.8 cm³/mol. The third kappa shape index (κ3) is 3.83. The van der Waals surface area contributed by atoms with Crippen molar-refractivity contribution in [2.24, 2.45) is 0 Å². The summed E-state index contributed by atoms with van der Waals surface area (Å²) in [6.07, 6.45) is -1.64. The standard InChI is InChI=1S/C18H22N2O4/c1-10-15(12(3)21)11(2)19-16(10)18(23)24-13(4)17(22)20-14-8-6-5-7-9-14/h5-9,12-13,19,21H,1-4H3,(H,20,22)/t12-,13-/m1/s1. The van der Waals surface area contributed by atoms with E-state index in [1.807, 2.05) is 6.07 Å². The van der Waals surface area contributed by atoms with Gasteiger partial charge in [-0.25, -0.2) is 4.79 Å². The number of rotatable bonds is 5. The van der Waals surface area contributed by atoms with E-state index in [2.05, 4.69) is 10.3 Å². The lowest BCUT2D eigenvalue weighted by atomic mass is 10.1. The van der Waals surface area contributed by atoms with Gasteiger partial charge in [0.25, 0.3) is 5.91 Å². The predicted octanol–water partition coefficient (Wildman–Crippen LogP) is 2.87. The number of carbonyl (C=O) groups is 2. The first-order valence-corrected chi connectivity index (χ1v) is 7.75. The number of para-hydroxylation sites is 1. The second kappa shape index (κ2) is 7.31. The number of aryl methyl sites for hydroxylation is 1. The van der Waals surface area contributed by atoms with Crippen molar-refractivity contribution in [2.45, 2.75) is 39.9 Å². The molecule has 1 aromatic heterocycles. The molecule has 0 fully saturated rings. The molecule has 1 amide bonds. The molecule has 2 rings (SSSR count). The van der Waals surface area contributed by atoms with Gasteiger partial charge in [0, 0.05) is 16.9 Å². The smallest absolute Gasteiger partial charge is 0.355 e. The molecule has 2 atom stereocenters. The summed E-state index contributed by atoms with van der Waals surface area (Å²) in [5.41, 5.74) is 2.89. The maximum absolute atomic E-state index is 12.3. The Morgan fingerprint density at radius 1 is 1.17 bits per heavy atom. The van der Waals surface area contributed by atoms with E-state index in [9.17, 15) is 14.7 Å². The quantitative estimate of drug-likeness (QED) is 0.735. The topological polar surface area (TPSA) is 91.4 Å². The first kappa shape index (κ1) is 17.7. The third-order valence-corrected chi connectivity index (χ3v) is 3.81. The Morgan fingerprint density at radius 2 is 1.79 bits per heavy atom. The van der Waals surface area contributed by atoms with Gasteiger partial charge in [-0.15, -0.1) is 0 Å². The first-order chi connectivity index (χ1) is 11.3. The molecule has 24 heavy (non-hydrogen) atoms. The van der Waals surface area contributed by atoms with Crippen LogP contribution >= 0.6 is 0 Å². The number of hydrogen-bond acceptors (Lipinski definition) is 4. The molecule has 0 saturated carbocycles. The molecule has 2 aromatic rings. The van der Waals surface area contributed by atoms with Gasteiger partial charge in [0.15, 0.2) is 6.10 Å². The Bertz CT molecular complexity index is 735. The highest BCUT2D eigenvalue weighted by atomic mass is 16.5. The second-order valence-corrected chi connectivity index (χ2v) is 5.74. The van der Waals surface area contributed by atoms with Gasteiger partial charge in [0.2, 0.25) is 0 Å². The van der Waals surface area contributed by atoms with Crippen LogP contribution in [0.3, 0.4) is 0 Å². The van der Waals surface area contributed by atoms with Crippen molar-refractivity contribution in [3.8, 4) is 0 Å². The van der Waals surface area contributed by atoms with Gasteiger partial charge in [-0.2, -0.15) is 0 Å². The molecule has 0 aliphatic heterocycles. The number of aromatic nitrogens is 1. The van der Waals surface area contributed by atoms with Crippen molar-refractivity contribution in [3.63, 3.8) is 0 Å². The summed E-state index contributed by atoms with van der Waals surface area (Å²) < 4.78 is 5.24. The number of ether oxygens (including phenoxy) is 1. The van der Waals surface area contributed by atoms with Crippen LogP contribution in [0.1, 0.15) is 47.3 Å². The minimum atomic E-state index is -0.948. The molecule has 0 spiro atoms. The van der Waals surface area contributed by atoms with Crippen molar-refractivity contribution < 1.29 is 19.4 Å². The number of esters is 1. The summed E-state index contributed by atoms with van der Waals surface area (Å²) in [5.74, 6) is -1.04. The molecule has 0 unspecified atom stereocenters. The molecular formula is C18H22N2O4. The molecular weight excluding hydrogens is 308 g/mol. The normalized spacial score (nSPS) is 13.2. The Kier molecular flexibility index (Phi) is 5.41. The van der Waals surface area contributed by atoms with Crippen molar-refractivity contribution in [3.05, 3.63) is 52.8 Å².